The van der Waals surface area contributed by atoms with E-state index in [2.05, 4.69) is 0 Å². The molecule has 0 aliphatic heterocycles. The minimum atomic E-state index is 0.418. The Morgan fingerprint density at radius 3 is 2.38 bits per heavy atom. The summed E-state index contributed by atoms with van der Waals surface area (Å²) in [6.07, 6.45) is 0.691. The molecule has 0 bridgehead atoms. The van der Waals surface area contributed by atoms with Crippen LogP contribution in [-0.2, 0) is 13.0 Å². The molecule has 16 heavy (non-hydrogen) atoms. The predicted molar refractivity (Wildman–Crippen MR) is 65.9 cm³/mol. The third-order valence-electron chi connectivity index (χ3n) is 2.28. The topological polar surface area (TPSA) is 39.2 Å². The SMILES string of the molecule is NCc1ccc(Cc2ccc(Cl)c(Cl)c2)o1. The van der Waals surface area contributed by atoms with Crippen molar-refractivity contribution in [2.24, 2.45) is 5.73 Å². The van der Waals surface area contributed by atoms with Gasteiger partial charge in [0.2, 0.25) is 0 Å². The third-order valence-corrected chi connectivity index (χ3v) is 3.02. The van der Waals surface area contributed by atoms with E-state index in [0.29, 0.717) is 23.0 Å². The number of halogens is 2. The lowest BCUT2D eigenvalue weighted by Crippen LogP contribution is -1.93. The molecule has 1 aromatic carbocycles. The van der Waals surface area contributed by atoms with Crippen LogP contribution in [0.2, 0.25) is 10.0 Å². The Morgan fingerprint density at radius 2 is 1.75 bits per heavy atom. The van der Waals surface area contributed by atoms with Crippen LogP contribution in [-0.4, -0.2) is 0 Å². The zero-order valence-corrected chi connectivity index (χ0v) is 10.1. The summed E-state index contributed by atoms with van der Waals surface area (Å²) in [5.41, 5.74) is 6.53. The van der Waals surface area contributed by atoms with Crippen molar-refractivity contribution in [3.8, 4) is 0 Å². The van der Waals surface area contributed by atoms with Crippen molar-refractivity contribution in [3.05, 3.63) is 57.5 Å². The zero-order valence-electron chi connectivity index (χ0n) is 8.54. The molecule has 0 amide bonds. The Morgan fingerprint density at radius 1 is 1.00 bits per heavy atom. The summed E-state index contributed by atoms with van der Waals surface area (Å²) in [5.74, 6) is 1.66. The van der Waals surface area contributed by atoms with Crippen molar-refractivity contribution in [1.82, 2.24) is 0 Å². The van der Waals surface area contributed by atoms with Gasteiger partial charge in [0.25, 0.3) is 0 Å². The fourth-order valence-corrected chi connectivity index (χ4v) is 1.80. The van der Waals surface area contributed by atoms with Crippen molar-refractivity contribution in [1.29, 1.82) is 0 Å². The maximum Gasteiger partial charge on any atom is 0.117 e. The third kappa shape index (κ3) is 2.59. The van der Waals surface area contributed by atoms with Crippen molar-refractivity contribution in [2.45, 2.75) is 13.0 Å². The number of hydrogen-bond donors (Lipinski definition) is 1. The molecular weight excluding hydrogens is 245 g/mol. The van der Waals surface area contributed by atoms with E-state index in [4.69, 9.17) is 33.4 Å². The van der Waals surface area contributed by atoms with E-state index >= 15 is 0 Å². The highest BCUT2D eigenvalue weighted by Gasteiger charge is 2.04. The average molecular weight is 256 g/mol. The number of benzene rings is 1. The average Bonchev–Trinajstić information content (AvgIpc) is 2.71. The minimum Gasteiger partial charge on any atom is -0.464 e. The van der Waals surface area contributed by atoms with E-state index in [-0.39, 0.29) is 0 Å². The molecule has 2 N–H and O–H groups in total. The zero-order chi connectivity index (χ0) is 11.5. The lowest BCUT2D eigenvalue weighted by atomic mass is 10.1. The molecule has 2 aromatic rings. The molecule has 2 nitrogen and oxygen atoms in total. The highest BCUT2D eigenvalue weighted by Crippen LogP contribution is 2.24. The van der Waals surface area contributed by atoms with Crippen LogP contribution in [0.1, 0.15) is 17.1 Å². The second kappa shape index (κ2) is 4.91. The predicted octanol–water partition coefficient (Wildman–Crippen LogP) is 3.64. The largest absolute Gasteiger partial charge is 0.464 e. The van der Waals surface area contributed by atoms with E-state index in [1.807, 2.05) is 24.3 Å². The van der Waals surface area contributed by atoms with Gasteiger partial charge < -0.3 is 10.2 Å². The molecule has 0 aliphatic carbocycles. The molecule has 0 spiro atoms. The molecule has 0 saturated carbocycles. The minimum absolute atomic E-state index is 0.418. The first-order valence-corrected chi connectivity index (χ1v) is 5.66. The summed E-state index contributed by atoms with van der Waals surface area (Å²) >= 11 is 11.8. The second-order valence-electron chi connectivity index (χ2n) is 3.50. The summed E-state index contributed by atoms with van der Waals surface area (Å²) in [7, 11) is 0. The molecule has 0 atom stereocenters. The maximum absolute atomic E-state index is 5.93. The van der Waals surface area contributed by atoms with Gasteiger partial charge >= 0.3 is 0 Å². The number of furan rings is 1. The Hall–Kier alpha value is -0.960. The van der Waals surface area contributed by atoms with E-state index < -0.39 is 0 Å². The smallest absolute Gasteiger partial charge is 0.117 e. The molecular formula is C12H11Cl2NO. The molecule has 4 heteroatoms. The standard InChI is InChI=1S/C12H11Cl2NO/c13-11-4-1-8(6-12(11)14)5-9-2-3-10(7-15)16-9/h1-4,6H,5,7,15H2. The first-order valence-electron chi connectivity index (χ1n) is 4.90. The van der Waals surface area contributed by atoms with Gasteiger partial charge in [0.05, 0.1) is 16.6 Å². The van der Waals surface area contributed by atoms with E-state index in [9.17, 15) is 0 Å². The van der Waals surface area contributed by atoms with Gasteiger partial charge in [-0.15, -0.1) is 0 Å². The van der Waals surface area contributed by atoms with Crippen molar-refractivity contribution in [3.63, 3.8) is 0 Å². The molecule has 1 aromatic heterocycles. The quantitative estimate of drug-likeness (QED) is 0.910. The number of rotatable bonds is 3. The molecule has 0 unspecified atom stereocenters. The van der Waals surface area contributed by atoms with Gasteiger partial charge in [-0.25, -0.2) is 0 Å². The van der Waals surface area contributed by atoms with Crippen LogP contribution in [0, 0.1) is 0 Å². The molecule has 0 radical (unpaired) electrons. The van der Waals surface area contributed by atoms with Crippen LogP contribution in [0.25, 0.3) is 0 Å². The Balaban J connectivity index is 2.17. The summed E-state index contributed by atoms with van der Waals surface area (Å²) in [6, 6.07) is 9.36. The van der Waals surface area contributed by atoms with E-state index in [0.717, 1.165) is 17.1 Å². The van der Waals surface area contributed by atoms with Crippen molar-refractivity contribution < 1.29 is 4.42 Å². The van der Waals surface area contributed by atoms with Gasteiger partial charge in [-0.3, -0.25) is 0 Å². The Bertz CT molecular complexity index is 494. The number of nitrogens with two attached hydrogens (primary N) is 1. The summed E-state index contributed by atoms with van der Waals surface area (Å²) < 4.78 is 5.51. The van der Waals surface area contributed by atoms with Gasteiger partial charge in [-0.2, -0.15) is 0 Å². The van der Waals surface area contributed by atoms with Gasteiger partial charge in [-0.1, -0.05) is 29.3 Å². The first-order chi connectivity index (χ1) is 7.69. The van der Waals surface area contributed by atoms with Crippen LogP contribution in [0.15, 0.2) is 34.7 Å². The fourth-order valence-electron chi connectivity index (χ4n) is 1.48. The summed E-state index contributed by atoms with van der Waals surface area (Å²) in [4.78, 5) is 0. The van der Waals surface area contributed by atoms with Gasteiger partial charge in [0, 0.05) is 6.42 Å². The highest BCUT2D eigenvalue weighted by molar-refractivity contribution is 6.42. The monoisotopic (exact) mass is 255 g/mol. The van der Waals surface area contributed by atoms with Crippen LogP contribution in [0.5, 0.6) is 0 Å². The lowest BCUT2D eigenvalue weighted by molar-refractivity contribution is 0.475. The van der Waals surface area contributed by atoms with Crippen molar-refractivity contribution in [2.75, 3.05) is 0 Å². The highest BCUT2D eigenvalue weighted by atomic mass is 35.5. The first kappa shape index (κ1) is 11.5. The molecule has 84 valence electrons. The molecule has 0 aliphatic rings. The Labute approximate surface area is 104 Å². The fraction of sp³-hybridized carbons (Fsp3) is 0.167. The maximum atomic E-state index is 5.93. The van der Waals surface area contributed by atoms with Crippen LogP contribution in [0.4, 0.5) is 0 Å². The van der Waals surface area contributed by atoms with Crippen LogP contribution in [0.3, 0.4) is 0 Å². The molecule has 0 saturated heterocycles. The van der Waals surface area contributed by atoms with E-state index in [1.165, 1.54) is 0 Å². The van der Waals surface area contributed by atoms with Crippen LogP contribution >= 0.6 is 23.2 Å². The second-order valence-corrected chi connectivity index (χ2v) is 4.31. The summed E-state index contributed by atoms with van der Waals surface area (Å²) in [6.45, 7) is 0.418. The lowest BCUT2D eigenvalue weighted by Gasteiger charge is -2.01. The molecule has 1 heterocycles. The number of hydrogen-bond acceptors (Lipinski definition) is 2. The van der Waals surface area contributed by atoms with Gasteiger partial charge in [0.15, 0.2) is 0 Å². The Kier molecular flexibility index (Phi) is 3.54. The van der Waals surface area contributed by atoms with Gasteiger partial charge in [0.1, 0.15) is 11.5 Å². The summed E-state index contributed by atoms with van der Waals surface area (Å²) in [5, 5.41) is 1.12. The van der Waals surface area contributed by atoms with Crippen LogP contribution < -0.4 is 5.73 Å². The molecule has 0 fully saturated rings. The van der Waals surface area contributed by atoms with E-state index in [1.54, 1.807) is 6.07 Å². The van der Waals surface area contributed by atoms with Crippen molar-refractivity contribution >= 4 is 23.2 Å². The van der Waals surface area contributed by atoms with Gasteiger partial charge in [-0.05, 0) is 29.8 Å². The normalized spacial score (nSPS) is 10.7. The molecule has 2 rings (SSSR count).